The normalized spacial score (nSPS) is 20.1. The summed E-state index contributed by atoms with van der Waals surface area (Å²) in [5.41, 5.74) is 2.57. The minimum atomic E-state index is -0.0779. The highest BCUT2D eigenvalue weighted by Gasteiger charge is 2.33. The Hall–Kier alpha value is -2.07. The number of thiophene rings is 1. The van der Waals surface area contributed by atoms with Crippen LogP contribution in [0.1, 0.15) is 33.1 Å². The molecule has 1 aromatic carbocycles. The van der Waals surface area contributed by atoms with Crippen LogP contribution in [0, 0.1) is 6.57 Å². The van der Waals surface area contributed by atoms with E-state index in [1.54, 1.807) is 0 Å². The summed E-state index contributed by atoms with van der Waals surface area (Å²) >= 11 is 7.47. The number of amides is 1. The van der Waals surface area contributed by atoms with Gasteiger partial charge in [-0.3, -0.25) is 4.79 Å². The van der Waals surface area contributed by atoms with Gasteiger partial charge in [-0.25, -0.2) is 4.85 Å². The molecule has 1 N–H and O–H groups in total. The number of fused-ring (bicyclic) bond motifs is 1. The van der Waals surface area contributed by atoms with Crippen LogP contribution in [0.15, 0.2) is 24.3 Å². The number of hydrogen-bond acceptors (Lipinski definition) is 4. The van der Waals surface area contributed by atoms with E-state index in [1.807, 2.05) is 24.3 Å². The number of carbonyl (C=O) groups excluding carboxylic acids is 1. The highest BCUT2D eigenvalue weighted by Crippen LogP contribution is 2.49. The fourth-order valence-corrected chi connectivity index (χ4v) is 4.98. The number of morpholine rings is 1. The maximum Gasteiger partial charge on any atom is 0.260 e. The molecule has 7 heteroatoms. The molecule has 134 valence electrons. The molecule has 1 aromatic heterocycles. The van der Waals surface area contributed by atoms with E-state index in [1.165, 1.54) is 11.3 Å². The van der Waals surface area contributed by atoms with Crippen LogP contribution in [0.2, 0.25) is 5.02 Å². The van der Waals surface area contributed by atoms with Crippen LogP contribution in [-0.2, 0) is 4.74 Å². The Morgan fingerprint density at radius 1 is 1.27 bits per heavy atom. The summed E-state index contributed by atoms with van der Waals surface area (Å²) in [6.07, 6.45) is 0.766. The van der Waals surface area contributed by atoms with Crippen LogP contribution >= 0.6 is 22.9 Å². The van der Waals surface area contributed by atoms with Crippen molar-refractivity contribution in [2.24, 2.45) is 0 Å². The standard InChI is InChI=1S/C19H18ClN3O2S/c1-21-16-15-14(12-2-4-13(20)5-3-12)6-7-22-18(24)17(15)26-19(16)23-8-10-25-11-9-23/h2-5,14H,6-11H2,(H,22,24). The van der Waals surface area contributed by atoms with Gasteiger partial charge in [-0.2, -0.15) is 0 Å². The van der Waals surface area contributed by atoms with Crippen molar-refractivity contribution in [3.05, 3.63) is 56.7 Å². The first-order chi connectivity index (χ1) is 12.7. The van der Waals surface area contributed by atoms with Crippen LogP contribution in [0.25, 0.3) is 4.85 Å². The quantitative estimate of drug-likeness (QED) is 0.790. The molecule has 5 nitrogen and oxygen atoms in total. The van der Waals surface area contributed by atoms with Crippen LogP contribution in [0.4, 0.5) is 10.7 Å². The van der Waals surface area contributed by atoms with Crippen LogP contribution < -0.4 is 10.2 Å². The number of anilines is 1. The third-order valence-electron chi connectivity index (χ3n) is 4.86. The highest BCUT2D eigenvalue weighted by atomic mass is 35.5. The van der Waals surface area contributed by atoms with Gasteiger partial charge < -0.3 is 15.0 Å². The zero-order valence-electron chi connectivity index (χ0n) is 14.1. The average Bonchev–Trinajstić information content (AvgIpc) is 2.98. The lowest BCUT2D eigenvalue weighted by molar-refractivity contribution is 0.0960. The fourth-order valence-electron chi connectivity index (χ4n) is 3.59. The van der Waals surface area contributed by atoms with Gasteiger partial charge in [0.2, 0.25) is 5.69 Å². The molecule has 1 atom stereocenters. The van der Waals surface area contributed by atoms with E-state index in [2.05, 4.69) is 15.1 Å². The van der Waals surface area contributed by atoms with Crippen LogP contribution in [0.5, 0.6) is 0 Å². The van der Waals surface area contributed by atoms with Gasteiger partial charge in [0.05, 0.1) is 29.7 Å². The Labute approximate surface area is 161 Å². The minimum Gasteiger partial charge on any atom is -0.378 e. The van der Waals surface area contributed by atoms with Gasteiger partial charge in [0.1, 0.15) is 0 Å². The fraction of sp³-hybridized carbons (Fsp3) is 0.368. The predicted molar refractivity (Wildman–Crippen MR) is 104 cm³/mol. The predicted octanol–water partition coefficient (Wildman–Crippen LogP) is 4.05. The van der Waals surface area contributed by atoms with Crippen LogP contribution in [0.3, 0.4) is 0 Å². The first-order valence-electron chi connectivity index (χ1n) is 8.59. The second-order valence-electron chi connectivity index (χ2n) is 6.36. The molecule has 1 saturated heterocycles. The zero-order valence-corrected chi connectivity index (χ0v) is 15.7. The molecule has 2 aliphatic rings. The van der Waals surface area contributed by atoms with E-state index in [-0.39, 0.29) is 11.8 Å². The lowest BCUT2D eigenvalue weighted by atomic mass is 9.88. The van der Waals surface area contributed by atoms with Crippen molar-refractivity contribution in [2.75, 3.05) is 37.7 Å². The molecule has 1 amide bonds. The number of nitrogens with zero attached hydrogens (tertiary/aromatic N) is 2. The van der Waals surface area contributed by atoms with Gasteiger partial charge >= 0.3 is 0 Å². The second kappa shape index (κ2) is 7.28. The Morgan fingerprint density at radius 2 is 2.00 bits per heavy atom. The molecule has 2 aromatic rings. The van der Waals surface area contributed by atoms with Crippen molar-refractivity contribution in [1.82, 2.24) is 5.32 Å². The summed E-state index contributed by atoms with van der Waals surface area (Å²) < 4.78 is 5.43. The van der Waals surface area contributed by atoms with E-state index in [9.17, 15) is 4.79 Å². The Balaban J connectivity index is 1.85. The third kappa shape index (κ3) is 3.07. The van der Waals surface area contributed by atoms with Crippen molar-refractivity contribution < 1.29 is 9.53 Å². The summed E-state index contributed by atoms with van der Waals surface area (Å²) in [6, 6.07) is 7.71. The molecule has 2 aliphatic heterocycles. The molecular weight excluding hydrogens is 370 g/mol. The monoisotopic (exact) mass is 387 g/mol. The van der Waals surface area contributed by atoms with Crippen LogP contribution in [-0.4, -0.2) is 38.8 Å². The molecule has 0 spiro atoms. The topological polar surface area (TPSA) is 45.9 Å². The SMILES string of the molecule is [C-]#[N+]c1c(N2CCOCC2)sc2c1C(c1ccc(Cl)cc1)CCNC2=O. The van der Waals surface area contributed by atoms with Gasteiger partial charge in [0, 0.05) is 30.6 Å². The summed E-state index contributed by atoms with van der Waals surface area (Å²) in [6.45, 7) is 11.2. The molecule has 1 unspecified atom stereocenters. The van der Waals surface area contributed by atoms with E-state index in [0.717, 1.165) is 35.6 Å². The van der Waals surface area contributed by atoms with E-state index in [4.69, 9.17) is 22.9 Å². The first-order valence-corrected chi connectivity index (χ1v) is 9.79. The van der Waals surface area contributed by atoms with Gasteiger partial charge in [0.25, 0.3) is 5.91 Å². The number of nitrogens with one attached hydrogen (secondary N) is 1. The van der Waals surface area contributed by atoms with Gasteiger partial charge in [-0.15, -0.1) is 11.3 Å². The minimum absolute atomic E-state index is 0.0105. The van der Waals surface area contributed by atoms with Gasteiger partial charge in [-0.05, 0) is 29.7 Å². The largest absolute Gasteiger partial charge is 0.378 e. The number of benzene rings is 1. The van der Waals surface area contributed by atoms with E-state index < -0.39 is 0 Å². The summed E-state index contributed by atoms with van der Waals surface area (Å²) in [4.78, 5) is 19.3. The maximum absolute atomic E-state index is 12.6. The molecule has 0 radical (unpaired) electrons. The number of carbonyl (C=O) groups is 1. The van der Waals surface area contributed by atoms with E-state index in [0.29, 0.717) is 35.3 Å². The van der Waals surface area contributed by atoms with Gasteiger partial charge in [-0.1, -0.05) is 23.7 Å². The molecule has 3 heterocycles. The molecule has 1 fully saturated rings. The van der Waals surface area contributed by atoms with Crippen molar-refractivity contribution in [1.29, 1.82) is 0 Å². The number of halogens is 1. The smallest absolute Gasteiger partial charge is 0.260 e. The third-order valence-corrected chi connectivity index (χ3v) is 6.36. The Kier molecular flexibility index (Phi) is 4.86. The van der Waals surface area contributed by atoms with Crippen molar-refractivity contribution in [2.45, 2.75) is 12.3 Å². The first kappa shape index (κ1) is 17.3. The number of rotatable bonds is 2. The number of ether oxygens (including phenoxy) is 1. The Bertz CT molecular complexity index is 866. The molecule has 0 saturated carbocycles. The van der Waals surface area contributed by atoms with Crippen molar-refractivity contribution >= 4 is 39.5 Å². The van der Waals surface area contributed by atoms with Gasteiger partial charge in [0.15, 0.2) is 0 Å². The van der Waals surface area contributed by atoms with Crippen molar-refractivity contribution in [3.8, 4) is 0 Å². The summed E-state index contributed by atoms with van der Waals surface area (Å²) in [5.74, 6) is -0.0674. The summed E-state index contributed by atoms with van der Waals surface area (Å²) in [7, 11) is 0. The molecule has 0 bridgehead atoms. The molecule has 26 heavy (non-hydrogen) atoms. The van der Waals surface area contributed by atoms with Crippen molar-refractivity contribution in [3.63, 3.8) is 0 Å². The Morgan fingerprint density at radius 3 is 2.69 bits per heavy atom. The molecular formula is C19H18ClN3O2S. The molecule has 4 rings (SSSR count). The zero-order chi connectivity index (χ0) is 18.1. The highest BCUT2D eigenvalue weighted by molar-refractivity contribution is 7.19. The number of hydrogen-bond donors (Lipinski definition) is 1. The second-order valence-corrected chi connectivity index (χ2v) is 7.79. The maximum atomic E-state index is 12.6. The molecule has 0 aliphatic carbocycles. The lowest BCUT2D eigenvalue weighted by Crippen LogP contribution is -2.35. The van der Waals surface area contributed by atoms with E-state index >= 15 is 0 Å². The average molecular weight is 388 g/mol. The lowest BCUT2D eigenvalue weighted by Gasteiger charge is -2.28. The summed E-state index contributed by atoms with van der Waals surface area (Å²) in [5, 5.41) is 4.55.